The molecule has 2 fully saturated rings. The molecule has 2 saturated heterocycles. The van der Waals surface area contributed by atoms with Crippen LogP contribution in [0.3, 0.4) is 0 Å². The van der Waals surface area contributed by atoms with Gasteiger partial charge in [-0.1, -0.05) is 30.7 Å². The fraction of sp³-hybridized carbons (Fsp3) is 0.632. The molecule has 0 saturated carbocycles. The summed E-state index contributed by atoms with van der Waals surface area (Å²) in [6.45, 7) is 6.82. The van der Waals surface area contributed by atoms with Crippen LogP contribution in [0.2, 0.25) is 5.02 Å². The number of hydrogen-bond acceptors (Lipinski definition) is 3. The Morgan fingerprint density at radius 3 is 2.92 bits per heavy atom. The lowest BCUT2D eigenvalue weighted by Gasteiger charge is -2.38. The Labute approximate surface area is 149 Å². The van der Waals surface area contributed by atoms with Crippen LogP contribution < -0.4 is 10.6 Å². The summed E-state index contributed by atoms with van der Waals surface area (Å²) >= 11 is 6.15. The Bertz CT molecular complexity index is 559. The minimum atomic E-state index is 0.0848. The molecule has 0 aliphatic carbocycles. The molecule has 24 heavy (non-hydrogen) atoms. The fourth-order valence-corrected chi connectivity index (χ4v) is 4.14. The van der Waals surface area contributed by atoms with E-state index in [0.717, 1.165) is 43.3 Å². The highest BCUT2D eigenvalue weighted by Gasteiger charge is 2.30. The number of benzene rings is 1. The fourth-order valence-electron chi connectivity index (χ4n) is 3.94. The third kappa shape index (κ3) is 4.29. The topological polar surface area (TPSA) is 44.4 Å². The molecule has 2 N–H and O–H groups in total. The Morgan fingerprint density at radius 2 is 2.17 bits per heavy atom. The molecule has 3 unspecified atom stereocenters. The van der Waals surface area contributed by atoms with E-state index in [9.17, 15) is 4.79 Å². The normalized spacial score (nSPS) is 26.2. The van der Waals surface area contributed by atoms with Crippen LogP contribution in [0.1, 0.15) is 37.8 Å². The van der Waals surface area contributed by atoms with Crippen molar-refractivity contribution in [1.82, 2.24) is 15.5 Å². The SMILES string of the molecule is CC(CC(=O)N1CCNCC1c1cccc(Cl)c1)C1CCCNC1. The van der Waals surface area contributed by atoms with Crippen molar-refractivity contribution in [3.05, 3.63) is 34.9 Å². The molecular formula is C19H28ClN3O. The summed E-state index contributed by atoms with van der Waals surface area (Å²) in [5.41, 5.74) is 1.12. The van der Waals surface area contributed by atoms with E-state index in [1.54, 1.807) is 0 Å². The number of carbonyl (C=O) groups excluding carboxylic acids is 1. The van der Waals surface area contributed by atoms with Crippen molar-refractivity contribution >= 4 is 17.5 Å². The average Bonchev–Trinajstić information content (AvgIpc) is 2.62. The van der Waals surface area contributed by atoms with Crippen LogP contribution in [0, 0.1) is 11.8 Å². The summed E-state index contributed by atoms with van der Waals surface area (Å²) in [5.74, 6) is 1.33. The van der Waals surface area contributed by atoms with Crippen molar-refractivity contribution in [1.29, 1.82) is 0 Å². The smallest absolute Gasteiger partial charge is 0.223 e. The van der Waals surface area contributed by atoms with Crippen LogP contribution in [-0.2, 0) is 4.79 Å². The highest BCUT2D eigenvalue weighted by Crippen LogP contribution is 2.28. The van der Waals surface area contributed by atoms with E-state index in [2.05, 4.69) is 28.5 Å². The number of nitrogens with zero attached hydrogens (tertiary/aromatic N) is 1. The van der Waals surface area contributed by atoms with Crippen molar-refractivity contribution in [3.63, 3.8) is 0 Å². The van der Waals surface area contributed by atoms with E-state index >= 15 is 0 Å². The average molecular weight is 350 g/mol. The van der Waals surface area contributed by atoms with Gasteiger partial charge in [-0.25, -0.2) is 0 Å². The monoisotopic (exact) mass is 349 g/mol. The third-order valence-corrected chi connectivity index (χ3v) is 5.67. The van der Waals surface area contributed by atoms with E-state index in [1.165, 1.54) is 12.8 Å². The van der Waals surface area contributed by atoms with Crippen LogP contribution in [0.4, 0.5) is 0 Å². The van der Waals surface area contributed by atoms with Gasteiger partial charge in [0, 0.05) is 31.1 Å². The lowest BCUT2D eigenvalue weighted by Crippen LogP contribution is -2.49. The first-order chi connectivity index (χ1) is 11.6. The number of halogens is 1. The van der Waals surface area contributed by atoms with E-state index in [0.29, 0.717) is 18.3 Å². The summed E-state index contributed by atoms with van der Waals surface area (Å²) in [7, 11) is 0. The Balaban J connectivity index is 1.67. The van der Waals surface area contributed by atoms with Gasteiger partial charge in [-0.15, -0.1) is 0 Å². The Morgan fingerprint density at radius 1 is 1.33 bits per heavy atom. The number of hydrogen-bond donors (Lipinski definition) is 2. The first kappa shape index (κ1) is 17.7. The molecule has 0 radical (unpaired) electrons. The standard InChI is InChI=1S/C19H28ClN3O/c1-14(16-5-3-7-21-12-16)10-19(24)23-9-8-22-13-18(23)15-4-2-6-17(20)11-15/h2,4,6,11,14,16,18,21-22H,3,5,7-10,12-13H2,1H3. The maximum absolute atomic E-state index is 13.0. The number of nitrogens with one attached hydrogen (secondary N) is 2. The van der Waals surface area contributed by atoms with Gasteiger partial charge in [0.1, 0.15) is 0 Å². The second-order valence-corrected chi connectivity index (χ2v) is 7.59. The van der Waals surface area contributed by atoms with E-state index in [4.69, 9.17) is 11.6 Å². The predicted octanol–water partition coefficient (Wildman–Crippen LogP) is 2.84. The number of amides is 1. The summed E-state index contributed by atoms with van der Waals surface area (Å²) in [6.07, 6.45) is 3.10. The third-order valence-electron chi connectivity index (χ3n) is 5.43. The Kier molecular flexibility index (Phi) is 6.14. The predicted molar refractivity (Wildman–Crippen MR) is 98.2 cm³/mol. The van der Waals surface area contributed by atoms with Crippen molar-refractivity contribution in [3.8, 4) is 0 Å². The van der Waals surface area contributed by atoms with Gasteiger partial charge in [-0.3, -0.25) is 4.79 Å². The maximum Gasteiger partial charge on any atom is 0.223 e. The molecule has 5 heteroatoms. The molecule has 2 heterocycles. The molecule has 1 amide bonds. The minimum Gasteiger partial charge on any atom is -0.333 e. The molecule has 0 bridgehead atoms. The first-order valence-electron chi connectivity index (χ1n) is 9.11. The van der Waals surface area contributed by atoms with Gasteiger partial charge in [0.15, 0.2) is 0 Å². The highest BCUT2D eigenvalue weighted by molar-refractivity contribution is 6.30. The molecule has 1 aromatic rings. The summed E-state index contributed by atoms with van der Waals surface area (Å²) in [5, 5.41) is 7.60. The van der Waals surface area contributed by atoms with Gasteiger partial charge in [-0.2, -0.15) is 0 Å². The lowest BCUT2D eigenvalue weighted by atomic mass is 9.85. The molecule has 2 aliphatic rings. The molecule has 0 spiro atoms. The molecule has 132 valence electrons. The molecular weight excluding hydrogens is 322 g/mol. The largest absolute Gasteiger partial charge is 0.333 e. The van der Waals surface area contributed by atoms with Crippen LogP contribution in [0.5, 0.6) is 0 Å². The van der Waals surface area contributed by atoms with Crippen LogP contribution in [-0.4, -0.2) is 43.5 Å². The number of carbonyl (C=O) groups is 1. The van der Waals surface area contributed by atoms with E-state index in [-0.39, 0.29) is 11.9 Å². The minimum absolute atomic E-state index is 0.0848. The van der Waals surface area contributed by atoms with Gasteiger partial charge < -0.3 is 15.5 Å². The van der Waals surface area contributed by atoms with Gasteiger partial charge >= 0.3 is 0 Å². The Hall–Kier alpha value is -1.10. The number of rotatable bonds is 4. The highest BCUT2D eigenvalue weighted by atomic mass is 35.5. The van der Waals surface area contributed by atoms with Gasteiger partial charge in [-0.05, 0) is 55.5 Å². The summed E-state index contributed by atoms with van der Waals surface area (Å²) in [6, 6.07) is 7.98. The zero-order valence-corrected chi connectivity index (χ0v) is 15.2. The lowest BCUT2D eigenvalue weighted by molar-refractivity contribution is -0.136. The second kappa shape index (κ2) is 8.32. The van der Waals surface area contributed by atoms with Crippen molar-refractivity contribution in [2.45, 2.75) is 32.2 Å². The molecule has 4 nitrogen and oxygen atoms in total. The van der Waals surface area contributed by atoms with Crippen molar-refractivity contribution in [2.24, 2.45) is 11.8 Å². The van der Waals surface area contributed by atoms with Crippen LogP contribution in [0.15, 0.2) is 24.3 Å². The zero-order chi connectivity index (χ0) is 16.9. The molecule has 3 atom stereocenters. The number of piperazine rings is 1. The van der Waals surface area contributed by atoms with E-state index in [1.807, 2.05) is 18.2 Å². The van der Waals surface area contributed by atoms with Gasteiger partial charge in [0.2, 0.25) is 5.91 Å². The molecule has 2 aliphatic heterocycles. The quantitative estimate of drug-likeness (QED) is 0.878. The molecule has 3 rings (SSSR count). The van der Waals surface area contributed by atoms with Gasteiger partial charge in [0.25, 0.3) is 0 Å². The van der Waals surface area contributed by atoms with Crippen LogP contribution >= 0.6 is 11.6 Å². The summed E-state index contributed by atoms with van der Waals surface area (Å²) < 4.78 is 0. The first-order valence-corrected chi connectivity index (χ1v) is 9.49. The number of piperidine rings is 1. The molecule has 0 aromatic heterocycles. The zero-order valence-electron chi connectivity index (χ0n) is 14.4. The second-order valence-electron chi connectivity index (χ2n) is 7.15. The van der Waals surface area contributed by atoms with Crippen molar-refractivity contribution in [2.75, 3.05) is 32.7 Å². The molecule has 1 aromatic carbocycles. The maximum atomic E-state index is 13.0. The van der Waals surface area contributed by atoms with Gasteiger partial charge in [0.05, 0.1) is 6.04 Å². The van der Waals surface area contributed by atoms with Crippen molar-refractivity contribution < 1.29 is 4.79 Å². The van der Waals surface area contributed by atoms with Crippen LogP contribution in [0.25, 0.3) is 0 Å². The van der Waals surface area contributed by atoms with E-state index < -0.39 is 0 Å². The summed E-state index contributed by atoms with van der Waals surface area (Å²) in [4.78, 5) is 15.0.